The molecule has 0 spiro atoms. The molecule has 128 valence electrons. The van der Waals surface area contributed by atoms with Crippen LogP contribution < -0.4 is 5.32 Å². The second-order valence-electron chi connectivity index (χ2n) is 5.66. The van der Waals surface area contributed by atoms with E-state index in [4.69, 9.17) is 4.74 Å². The monoisotopic (exact) mass is 338 g/mol. The molecule has 0 fully saturated rings. The highest BCUT2D eigenvalue weighted by Gasteiger charge is 2.31. The van der Waals surface area contributed by atoms with Crippen LogP contribution in [0.2, 0.25) is 0 Å². The number of ether oxygens (including phenoxy) is 1. The van der Waals surface area contributed by atoms with Crippen LogP contribution in [0.1, 0.15) is 34.5 Å². The summed E-state index contributed by atoms with van der Waals surface area (Å²) in [5.41, 5.74) is 1.26. The highest BCUT2D eigenvalue weighted by molar-refractivity contribution is 5.28. The summed E-state index contributed by atoms with van der Waals surface area (Å²) in [6.45, 7) is 0.988. The van der Waals surface area contributed by atoms with Gasteiger partial charge in [0.05, 0.1) is 36.6 Å². The van der Waals surface area contributed by atoms with Gasteiger partial charge in [-0.15, -0.1) is 0 Å². The van der Waals surface area contributed by atoms with E-state index in [0.29, 0.717) is 13.2 Å². The third kappa shape index (κ3) is 3.75. The Hall–Kier alpha value is -1.96. The van der Waals surface area contributed by atoms with Crippen LogP contribution in [0.3, 0.4) is 0 Å². The summed E-state index contributed by atoms with van der Waals surface area (Å²) in [5.74, 6) is 0. The molecule has 1 aliphatic rings. The van der Waals surface area contributed by atoms with Crippen molar-refractivity contribution in [1.29, 1.82) is 0 Å². The van der Waals surface area contributed by atoms with Gasteiger partial charge in [0.15, 0.2) is 0 Å². The Balaban J connectivity index is 1.68. The molecule has 0 aliphatic carbocycles. The molecular weight excluding hydrogens is 321 g/mol. The maximum Gasteiger partial charge on any atom is 0.416 e. The first-order chi connectivity index (χ1) is 11.4. The van der Waals surface area contributed by atoms with Crippen LogP contribution in [-0.4, -0.2) is 23.2 Å². The first kappa shape index (κ1) is 16.9. The summed E-state index contributed by atoms with van der Waals surface area (Å²) in [6.07, 6.45) is -3.80. The minimum Gasteiger partial charge on any atom is -0.387 e. The van der Waals surface area contributed by atoms with Gasteiger partial charge in [-0.1, -0.05) is 18.2 Å². The lowest BCUT2D eigenvalue weighted by atomic mass is 10.0. The minimum absolute atomic E-state index is 0.103. The van der Waals surface area contributed by atoms with Crippen LogP contribution in [0.25, 0.3) is 0 Å². The zero-order valence-electron chi connectivity index (χ0n) is 12.8. The van der Waals surface area contributed by atoms with Crippen LogP contribution in [0.15, 0.2) is 42.6 Å². The van der Waals surface area contributed by atoms with Gasteiger partial charge in [0.1, 0.15) is 0 Å². The number of halogens is 3. The largest absolute Gasteiger partial charge is 0.416 e. The fourth-order valence-corrected chi connectivity index (χ4v) is 2.70. The number of nitrogens with one attached hydrogen (secondary N) is 1. The second-order valence-corrected chi connectivity index (χ2v) is 5.66. The Morgan fingerprint density at radius 1 is 1.29 bits per heavy atom. The van der Waals surface area contributed by atoms with E-state index in [2.05, 4.69) is 10.3 Å². The molecule has 0 amide bonds. The van der Waals surface area contributed by atoms with Crippen molar-refractivity contribution in [2.24, 2.45) is 0 Å². The van der Waals surface area contributed by atoms with Crippen molar-refractivity contribution in [2.75, 3.05) is 13.2 Å². The van der Waals surface area contributed by atoms with E-state index >= 15 is 0 Å². The van der Waals surface area contributed by atoms with Crippen LogP contribution in [0.4, 0.5) is 13.2 Å². The van der Waals surface area contributed by atoms with Gasteiger partial charge in [-0.25, -0.2) is 0 Å². The third-order valence-corrected chi connectivity index (χ3v) is 3.95. The first-order valence-corrected chi connectivity index (χ1v) is 7.55. The number of aromatic nitrogens is 1. The number of fused-ring (bicyclic) bond motifs is 1. The molecule has 1 aromatic heterocycles. The zero-order chi connectivity index (χ0) is 17.2. The fourth-order valence-electron chi connectivity index (χ4n) is 2.70. The smallest absolute Gasteiger partial charge is 0.387 e. The van der Waals surface area contributed by atoms with E-state index in [0.717, 1.165) is 23.4 Å². The molecule has 2 unspecified atom stereocenters. The molecule has 2 aromatic rings. The topological polar surface area (TPSA) is 54.4 Å². The lowest BCUT2D eigenvalue weighted by Crippen LogP contribution is -2.33. The van der Waals surface area contributed by atoms with E-state index < -0.39 is 17.8 Å². The maximum atomic E-state index is 12.8. The lowest BCUT2D eigenvalue weighted by molar-refractivity contribution is -0.137. The normalized spacial score (nSPS) is 18.9. The summed E-state index contributed by atoms with van der Waals surface area (Å²) >= 11 is 0. The Labute approximate surface area is 137 Å². The van der Waals surface area contributed by atoms with Crippen LogP contribution >= 0.6 is 0 Å². The predicted octanol–water partition coefficient (Wildman–Crippen LogP) is 2.99. The van der Waals surface area contributed by atoms with E-state index in [1.807, 2.05) is 12.1 Å². The van der Waals surface area contributed by atoms with Crippen LogP contribution in [0.5, 0.6) is 0 Å². The van der Waals surface area contributed by atoms with Gasteiger partial charge in [0.2, 0.25) is 0 Å². The molecule has 0 saturated carbocycles. The number of pyridine rings is 1. The summed E-state index contributed by atoms with van der Waals surface area (Å²) in [6, 6.07) is 8.26. The van der Waals surface area contributed by atoms with Gasteiger partial charge in [-0.05, 0) is 23.8 Å². The number of aliphatic hydroxyl groups is 1. The number of hydrogen-bond acceptors (Lipinski definition) is 4. The average molecular weight is 338 g/mol. The highest BCUT2D eigenvalue weighted by atomic mass is 19.4. The van der Waals surface area contributed by atoms with Crippen molar-refractivity contribution < 1.29 is 23.0 Å². The van der Waals surface area contributed by atoms with Crippen molar-refractivity contribution in [2.45, 2.75) is 24.9 Å². The van der Waals surface area contributed by atoms with Crippen molar-refractivity contribution in [1.82, 2.24) is 10.3 Å². The predicted molar refractivity (Wildman–Crippen MR) is 81.0 cm³/mol. The van der Waals surface area contributed by atoms with Crippen molar-refractivity contribution >= 4 is 0 Å². The molecule has 24 heavy (non-hydrogen) atoms. The Morgan fingerprint density at radius 3 is 2.92 bits per heavy atom. The van der Waals surface area contributed by atoms with E-state index in [1.165, 1.54) is 12.1 Å². The van der Waals surface area contributed by atoms with Gasteiger partial charge in [-0.3, -0.25) is 4.98 Å². The van der Waals surface area contributed by atoms with Crippen molar-refractivity contribution in [3.8, 4) is 0 Å². The number of rotatable bonds is 4. The second kappa shape index (κ2) is 6.88. The summed E-state index contributed by atoms with van der Waals surface area (Å²) in [7, 11) is 0. The maximum absolute atomic E-state index is 12.8. The zero-order valence-corrected chi connectivity index (χ0v) is 12.8. The van der Waals surface area contributed by atoms with E-state index in [-0.39, 0.29) is 18.2 Å². The van der Waals surface area contributed by atoms with Crippen LogP contribution in [0, 0.1) is 0 Å². The van der Waals surface area contributed by atoms with Gasteiger partial charge in [-0.2, -0.15) is 13.2 Å². The quantitative estimate of drug-likeness (QED) is 0.900. The van der Waals surface area contributed by atoms with Crippen molar-refractivity contribution in [3.05, 3.63) is 65.0 Å². The minimum atomic E-state index is -4.43. The summed E-state index contributed by atoms with van der Waals surface area (Å²) < 4.78 is 43.7. The Kier molecular flexibility index (Phi) is 4.84. The molecule has 2 N–H and O–H groups in total. The van der Waals surface area contributed by atoms with Crippen molar-refractivity contribution in [3.63, 3.8) is 0 Å². The van der Waals surface area contributed by atoms with Gasteiger partial charge in [0, 0.05) is 18.3 Å². The van der Waals surface area contributed by atoms with Crippen LogP contribution in [-0.2, 0) is 17.5 Å². The molecule has 4 nitrogen and oxygen atoms in total. The molecule has 7 heteroatoms. The fraction of sp³-hybridized carbons (Fsp3) is 0.353. The number of aliphatic hydroxyl groups excluding tert-OH is 1. The third-order valence-electron chi connectivity index (χ3n) is 3.95. The lowest BCUT2D eigenvalue weighted by Gasteiger charge is -2.26. The van der Waals surface area contributed by atoms with Gasteiger partial charge >= 0.3 is 6.18 Å². The Bertz CT molecular complexity index is 706. The molecule has 2 heterocycles. The number of hydrogen-bond donors (Lipinski definition) is 2. The molecule has 1 aromatic carbocycles. The van der Waals surface area contributed by atoms with E-state index in [9.17, 15) is 18.3 Å². The number of nitrogens with zero attached hydrogens (tertiary/aromatic N) is 1. The molecule has 0 saturated heterocycles. The highest BCUT2D eigenvalue weighted by Crippen LogP contribution is 2.31. The Morgan fingerprint density at radius 2 is 2.12 bits per heavy atom. The van der Waals surface area contributed by atoms with E-state index in [1.54, 1.807) is 6.20 Å². The summed E-state index contributed by atoms with van der Waals surface area (Å²) in [5, 5.41) is 13.3. The SMILES string of the molecule is OC(CNC1COCc2cccnc21)c1cccc(C(F)(F)F)c1. The molecule has 3 rings (SSSR count). The van der Waals surface area contributed by atoms with Gasteiger partial charge < -0.3 is 15.2 Å². The molecule has 0 radical (unpaired) electrons. The standard InChI is InChI=1S/C17H17F3N2O2/c18-17(19,20)13-5-1-3-11(7-13)15(23)8-22-14-10-24-9-12-4-2-6-21-16(12)14/h1-7,14-15,22-23H,8-10H2. The molecule has 1 aliphatic heterocycles. The molecule has 2 atom stereocenters. The molecule has 0 bridgehead atoms. The first-order valence-electron chi connectivity index (χ1n) is 7.55. The van der Waals surface area contributed by atoms with Gasteiger partial charge in [0.25, 0.3) is 0 Å². The number of alkyl halides is 3. The molecular formula is C17H17F3N2O2. The average Bonchev–Trinajstić information content (AvgIpc) is 2.59. The number of benzene rings is 1. The summed E-state index contributed by atoms with van der Waals surface area (Å²) in [4.78, 5) is 4.32.